The Labute approximate surface area is 193 Å². The van der Waals surface area contributed by atoms with Gasteiger partial charge in [-0.2, -0.15) is 4.99 Å². The molecule has 1 heterocycles. The van der Waals surface area contributed by atoms with Gasteiger partial charge in [0.15, 0.2) is 0 Å². The lowest BCUT2D eigenvalue weighted by Crippen LogP contribution is -2.42. The van der Waals surface area contributed by atoms with Crippen molar-refractivity contribution in [3.63, 3.8) is 0 Å². The first-order valence-corrected chi connectivity index (χ1v) is 11.2. The molecule has 0 spiro atoms. The quantitative estimate of drug-likeness (QED) is 0.349. The highest BCUT2D eigenvalue weighted by atomic mass is 35.5. The third-order valence-electron chi connectivity index (χ3n) is 5.49. The Bertz CT molecular complexity index is 1100. The van der Waals surface area contributed by atoms with Crippen molar-refractivity contribution in [1.82, 2.24) is 4.90 Å². The zero-order chi connectivity index (χ0) is 22.3. The van der Waals surface area contributed by atoms with Crippen molar-refractivity contribution in [3.8, 4) is 0 Å². The molecule has 0 aromatic heterocycles. The maximum absolute atomic E-state index is 13.4. The summed E-state index contributed by atoms with van der Waals surface area (Å²) in [6, 6.07) is 23.9. The molecule has 1 saturated heterocycles. The lowest BCUT2D eigenvalue weighted by atomic mass is 10.0. The van der Waals surface area contributed by atoms with E-state index in [1.165, 1.54) is 18.6 Å². The van der Waals surface area contributed by atoms with Crippen molar-refractivity contribution >= 4 is 34.8 Å². The van der Waals surface area contributed by atoms with Crippen LogP contribution in [0.4, 0.5) is 15.8 Å². The van der Waals surface area contributed by atoms with Gasteiger partial charge in [0.1, 0.15) is 11.7 Å². The monoisotopic (exact) mass is 448 g/mol. The Kier molecular flexibility index (Phi) is 7.17. The molecule has 0 amide bonds. The summed E-state index contributed by atoms with van der Waals surface area (Å²) in [6.07, 6.45) is 3.39. The largest absolute Gasteiger partial charge is 0.340 e. The second kappa shape index (κ2) is 10.4. The van der Waals surface area contributed by atoms with Crippen LogP contribution in [0, 0.1) is 5.82 Å². The fraction of sp³-hybridized carbons (Fsp3) is 0.231. The van der Waals surface area contributed by atoms with Crippen LogP contribution in [0.2, 0.25) is 5.02 Å². The standard InChI is InChI=1S/C26H26ClFN4/c1-19-9-7-8-18-32(19)26(30-21-10-3-2-4-11-21)31-25(23-12-5-6-13-24(23)27)29-22-16-14-20(28)15-17-22/h2-6,10-17,19H,7-9,18H2,1H3,(H,29,30,31). The van der Waals surface area contributed by atoms with Gasteiger partial charge in [-0.3, -0.25) is 0 Å². The smallest absolute Gasteiger partial charge is 0.228 e. The van der Waals surface area contributed by atoms with E-state index in [1.807, 2.05) is 54.6 Å². The number of nitrogens with one attached hydrogen (secondary N) is 1. The molecule has 3 aromatic rings. The lowest BCUT2D eigenvalue weighted by molar-refractivity contribution is 0.256. The Balaban J connectivity index is 1.81. The van der Waals surface area contributed by atoms with Crippen LogP contribution in [0.1, 0.15) is 31.7 Å². The summed E-state index contributed by atoms with van der Waals surface area (Å²) < 4.78 is 13.4. The summed E-state index contributed by atoms with van der Waals surface area (Å²) in [7, 11) is 0. The maximum atomic E-state index is 13.4. The summed E-state index contributed by atoms with van der Waals surface area (Å²) in [5.74, 6) is 0.905. The predicted molar refractivity (Wildman–Crippen MR) is 132 cm³/mol. The maximum Gasteiger partial charge on any atom is 0.228 e. The average Bonchev–Trinajstić information content (AvgIpc) is 2.81. The van der Waals surface area contributed by atoms with Crippen molar-refractivity contribution in [3.05, 3.63) is 95.3 Å². The second-order valence-electron chi connectivity index (χ2n) is 7.86. The second-order valence-corrected chi connectivity index (χ2v) is 8.26. The first-order chi connectivity index (χ1) is 15.6. The third-order valence-corrected chi connectivity index (χ3v) is 5.82. The molecule has 1 aliphatic heterocycles. The van der Waals surface area contributed by atoms with E-state index in [9.17, 15) is 4.39 Å². The SMILES string of the molecule is CC1CCCCN1C(=Nc1ccccc1)/N=C(\Nc1ccc(F)cc1)c1ccccc1Cl. The molecule has 0 radical (unpaired) electrons. The number of amidine groups is 1. The van der Waals surface area contributed by atoms with Crippen LogP contribution in [-0.4, -0.2) is 29.3 Å². The number of para-hydroxylation sites is 1. The van der Waals surface area contributed by atoms with Crippen LogP contribution in [0.5, 0.6) is 0 Å². The fourth-order valence-corrected chi connectivity index (χ4v) is 3.97. The van der Waals surface area contributed by atoms with E-state index in [1.54, 1.807) is 12.1 Å². The predicted octanol–water partition coefficient (Wildman–Crippen LogP) is 6.90. The number of guanidine groups is 1. The van der Waals surface area contributed by atoms with Crippen LogP contribution in [0.25, 0.3) is 0 Å². The lowest BCUT2D eigenvalue weighted by Gasteiger charge is -2.34. The van der Waals surface area contributed by atoms with Gasteiger partial charge in [0, 0.05) is 23.8 Å². The van der Waals surface area contributed by atoms with Crippen molar-refractivity contribution < 1.29 is 4.39 Å². The number of piperidine rings is 1. The van der Waals surface area contributed by atoms with Crippen LogP contribution >= 0.6 is 11.6 Å². The minimum absolute atomic E-state index is 0.291. The molecule has 0 bridgehead atoms. The van der Waals surface area contributed by atoms with Crippen molar-refractivity contribution in [2.45, 2.75) is 32.2 Å². The number of hydrogen-bond donors (Lipinski definition) is 1. The van der Waals surface area contributed by atoms with E-state index in [4.69, 9.17) is 21.6 Å². The zero-order valence-corrected chi connectivity index (χ0v) is 18.8. The van der Waals surface area contributed by atoms with E-state index < -0.39 is 0 Å². The van der Waals surface area contributed by atoms with Crippen LogP contribution in [0.15, 0.2) is 88.8 Å². The molecule has 1 atom stereocenters. The Morgan fingerprint density at radius 2 is 1.69 bits per heavy atom. The van der Waals surface area contributed by atoms with E-state index in [0.717, 1.165) is 36.3 Å². The highest BCUT2D eigenvalue weighted by Crippen LogP contribution is 2.23. The van der Waals surface area contributed by atoms with Crippen LogP contribution in [-0.2, 0) is 0 Å². The molecule has 6 heteroatoms. The topological polar surface area (TPSA) is 40.0 Å². The van der Waals surface area contributed by atoms with Gasteiger partial charge in [-0.1, -0.05) is 41.9 Å². The highest BCUT2D eigenvalue weighted by molar-refractivity contribution is 6.35. The number of aliphatic imine (C=N–C) groups is 2. The molecule has 4 nitrogen and oxygen atoms in total. The Morgan fingerprint density at radius 1 is 0.969 bits per heavy atom. The molecule has 1 aliphatic rings. The molecule has 3 aromatic carbocycles. The van der Waals surface area contributed by atoms with E-state index >= 15 is 0 Å². The average molecular weight is 449 g/mol. The van der Waals surface area contributed by atoms with Crippen LogP contribution < -0.4 is 5.32 Å². The van der Waals surface area contributed by atoms with E-state index in [0.29, 0.717) is 22.9 Å². The number of nitrogens with zero attached hydrogens (tertiary/aromatic N) is 3. The number of hydrogen-bond acceptors (Lipinski definition) is 1. The molecular weight excluding hydrogens is 423 g/mol. The molecule has 1 fully saturated rings. The van der Waals surface area contributed by atoms with Gasteiger partial charge in [0.05, 0.1) is 10.7 Å². The van der Waals surface area contributed by atoms with Gasteiger partial charge in [0.25, 0.3) is 0 Å². The van der Waals surface area contributed by atoms with Gasteiger partial charge >= 0.3 is 0 Å². The number of benzene rings is 3. The molecule has 1 N–H and O–H groups in total. The van der Waals surface area contributed by atoms with E-state index in [2.05, 4.69) is 17.1 Å². The third kappa shape index (κ3) is 5.54. The van der Waals surface area contributed by atoms with E-state index in [-0.39, 0.29) is 5.82 Å². The van der Waals surface area contributed by atoms with Crippen molar-refractivity contribution in [2.75, 3.05) is 11.9 Å². The first kappa shape index (κ1) is 22.0. The van der Waals surface area contributed by atoms with Gasteiger partial charge in [0.2, 0.25) is 5.96 Å². The molecule has 32 heavy (non-hydrogen) atoms. The summed E-state index contributed by atoms with van der Waals surface area (Å²) in [5, 5.41) is 3.90. The minimum Gasteiger partial charge on any atom is -0.340 e. The molecular formula is C26H26ClFN4. The van der Waals surface area contributed by atoms with Gasteiger partial charge in [-0.15, -0.1) is 0 Å². The number of likely N-dealkylation sites (tertiary alicyclic amines) is 1. The normalized spacial score (nSPS) is 17.3. The summed E-state index contributed by atoms with van der Waals surface area (Å²) in [4.78, 5) is 12.1. The van der Waals surface area contributed by atoms with Crippen molar-refractivity contribution in [2.24, 2.45) is 9.98 Å². The summed E-state index contributed by atoms with van der Waals surface area (Å²) in [5.41, 5.74) is 2.31. The minimum atomic E-state index is -0.291. The highest BCUT2D eigenvalue weighted by Gasteiger charge is 2.23. The zero-order valence-electron chi connectivity index (χ0n) is 18.0. The number of halogens is 2. The van der Waals surface area contributed by atoms with Crippen LogP contribution in [0.3, 0.4) is 0 Å². The summed E-state index contributed by atoms with van der Waals surface area (Å²) >= 11 is 6.53. The number of rotatable bonds is 3. The molecule has 4 rings (SSSR count). The molecule has 164 valence electrons. The Morgan fingerprint density at radius 3 is 2.41 bits per heavy atom. The fourth-order valence-electron chi connectivity index (χ4n) is 3.75. The molecule has 0 aliphatic carbocycles. The van der Waals surface area contributed by atoms with Gasteiger partial charge < -0.3 is 10.2 Å². The first-order valence-electron chi connectivity index (χ1n) is 10.9. The van der Waals surface area contributed by atoms with Gasteiger partial charge in [-0.25, -0.2) is 9.38 Å². The summed E-state index contributed by atoms with van der Waals surface area (Å²) in [6.45, 7) is 3.10. The van der Waals surface area contributed by atoms with Crippen molar-refractivity contribution in [1.29, 1.82) is 0 Å². The van der Waals surface area contributed by atoms with Gasteiger partial charge in [-0.05, 0) is 74.7 Å². The molecule has 1 unspecified atom stereocenters. The Hall–Kier alpha value is -3.18. The number of anilines is 1. The molecule has 0 saturated carbocycles.